The zero-order chi connectivity index (χ0) is 13.8. The van der Waals surface area contributed by atoms with Crippen LogP contribution in [-0.2, 0) is 4.79 Å². The molecule has 0 aromatic heterocycles. The lowest BCUT2D eigenvalue weighted by Crippen LogP contribution is -2.39. The minimum absolute atomic E-state index is 0. The number of carbonyl (C=O) groups is 1. The number of carbonyl (C=O) groups excluding carboxylic acids is 1. The third-order valence-corrected chi connectivity index (χ3v) is 2.88. The SMILES string of the molecule is C.CNCCCC[C@@H](CC(=O)NCC(O)CN)NC. The van der Waals surface area contributed by atoms with Gasteiger partial charge in [0.15, 0.2) is 0 Å². The van der Waals surface area contributed by atoms with E-state index >= 15 is 0 Å². The summed E-state index contributed by atoms with van der Waals surface area (Å²) in [6.45, 7) is 1.40. The molecule has 1 unspecified atom stereocenters. The molecule has 0 saturated carbocycles. The maximum atomic E-state index is 11.6. The second-order valence-electron chi connectivity index (χ2n) is 4.48. The Balaban J connectivity index is 0. The molecule has 0 bridgehead atoms. The van der Waals surface area contributed by atoms with Crippen LogP contribution in [0.25, 0.3) is 0 Å². The smallest absolute Gasteiger partial charge is 0.221 e. The Bertz CT molecular complexity index is 215. The summed E-state index contributed by atoms with van der Waals surface area (Å²) >= 11 is 0. The Hall–Kier alpha value is -0.690. The zero-order valence-electron chi connectivity index (χ0n) is 11.5. The Labute approximate surface area is 117 Å². The van der Waals surface area contributed by atoms with Gasteiger partial charge in [0, 0.05) is 25.6 Å². The van der Waals surface area contributed by atoms with Crippen LogP contribution >= 0.6 is 0 Å². The quantitative estimate of drug-likeness (QED) is 0.325. The van der Waals surface area contributed by atoms with Gasteiger partial charge in [0.25, 0.3) is 0 Å². The molecule has 0 aliphatic carbocycles. The van der Waals surface area contributed by atoms with Gasteiger partial charge in [0.05, 0.1) is 6.10 Å². The number of hydrogen-bond donors (Lipinski definition) is 5. The van der Waals surface area contributed by atoms with Gasteiger partial charge in [-0.05, 0) is 33.5 Å². The molecule has 0 radical (unpaired) electrons. The highest BCUT2D eigenvalue weighted by atomic mass is 16.3. The van der Waals surface area contributed by atoms with Crippen LogP contribution in [0.15, 0.2) is 0 Å². The van der Waals surface area contributed by atoms with Gasteiger partial charge in [0.1, 0.15) is 0 Å². The first-order valence-corrected chi connectivity index (χ1v) is 6.60. The number of rotatable bonds is 11. The summed E-state index contributed by atoms with van der Waals surface area (Å²) in [5, 5.41) is 18.2. The summed E-state index contributed by atoms with van der Waals surface area (Å²) in [5.74, 6) is -0.0459. The van der Waals surface area contributed by atoms with Crippen LogP contribution in [0.4, 0.5) is 0 Å². The Morgan fingerprint density at radius 3 is 2.53 bits per heavy atom. The summed E-state index contributed by atoms with van der Waals surface area (Å²) in [7, 11) is 3.80. The van der Waals surface area contributed by atoms with Gasteiger partial charge in [-0.1, -0.05) is 13.8 Å². The van der Waals surface area contributed by atoms with E-state index in [1.165, 1.54) is 0 Å². The van der Waals surface area contributed by atoms with Crippen LogP contribution in [0.1, 0.15) is 33.1 Å². The van der Waals surface area contributed by atoms with E-state index in [1.54, 1.807) is 0 Å². The lowest BCUT2D eigenvalue weighted by molar-refractivity contribution is -0.122. The minimum atomic E-state index is -0.655. The van der Waals surface area contributed by atoms with Crippen molar-refractivity contribution in [1.29, 1.82) is 0 Å². The summed E-state index contributed by atoms with van der Waals surface area (Å²) in [5.41, 5.74) is 5.26. The lowest BCUT2D eigenvalue weighted by Gasteiger charge is -2.16. The molecule has 6 N–H and O–H groups in total. The first-order valence-electron chi connectivity index (χ1n) is 6.60. The maximum absolute atomic E-state index is 11.6. The normalized spacial score (nSPS) is 13.5. The number of nitrogens with two attached hydrogens (primary N) is 1. The molecule has 2 atom stereocenters. The number of amides is 1. The molecular weight excluding hydrogens is 244 g/mol. The van der Waals surface area contributed by atoms with E-state index in [2.05, 4.69) is 16.0 Å². The Morgan fingerprint density at radius 2 is 2.00 bits per heavy atom. The molecule has 0 fully saturated rings. The van der Waals surface area contributed by atoms with E-state index in [9.17, 15) is 9.90 Å². The molecule has 6 heteroatoms. The van der Waals surface area contributed by atoms with Gasteiger partial charge in [-0.15, -0.1) is 0 Å². The second kappa shape index (κ2) is 13.7. The van der Waals surface area contributed by atoms with Gasteiger partial charge >= 0.3 is 0 Å². The van der Waals surface area contributed by atoms with Crippen LogP contribution in [0.5, 0.6) is 0 Å². The molecule has 6 nitrogen and oxygen atoms in total. The van der Waals surface area contributed by atoms with Crippen LogP contribution in [0, 0.1) is 0 Å². The summed E-state index contributed by atoms with van der Waals surface area (Å²) < 4.78 is 0. The average Bonchev–Trinajstić information content (AvgIpc) is 2.39. The van der Waals surface area contributed by atoms with E-state index in [1.807, 2.05) is 14.1 Å². The van der Waals surface area contributed by atoms with Crippen molar-refractivity contribution >= 4 is 5.91 Å². The first-order chi connectivity index (χ1) is 8.63. The molecule has 0 aliphatic rings. The molecular formula is C13H32N4O2. The molecule has 0 aromatic carbocycles. The number of aliphatic hydroxyl groups is 1. The predicted octanol–water partition coefficient (Wildman–Crippen LogP) is -0.574. The lowest BCUT2D eigenvalue weighted by atomic mass is 10.1. The zero-order valence-corrected chi connectivity index (χ0v) is 11.5. The fraction of sp³-hybridized carbons (Fsp3) is 0.923. The Morgan fingerprint density at radius 1 is 1.32 bits per heavy atom. The molecule has 116 valence electrons. The third-order valence-electron chi connectivity index (χ3n) is 2.88. The molecule has 0 aliphatic heterocycles. The number of unbranched alkanes of at least 4 members (excludes halogenated alkanes) is 1. The van der Waals surface area contributed by atoms with Crippen molar-refractivity contribution in [2.45, 2.75) is 45.3 Å². The summed E-state index contributed by atoms with van der Waals surface area (Å²) in [4.78, 5) is 11.6. The first kappa shape index (κ1) is 20.6. The summed E-state index contributed by atoms with van der Waals surface area (Å²) in [6, 6.07) is 0.192. The number of nitrogens with one attached hydrogen (secondary N) is 3. The average molecular weight is 276 g/mol. The van der Waals surface area contributed by atoms with Crippen molar-refractivity contribution in [2.24, 2.45) is 5.73 Å². The van der Waals surface area contributed by atoms with Crippen LogP contribution in [0.2, 0.25) is 0 Å². The van der Waals surface area contributed by atoms with Gasteiger partial charge in [-0.3, -0.25) is 4.79 Å². The monoisotopic (exact) mass is 276 g/mol. The number of hydrogen-bond acceptors (Lipinski definition) is 5. The highest BCUT2D eigenvalue weighted by molar-refractivity contribution is 5.76. The highest BCUT2D eigenvalue weighted by Crippen LogP contribution is 2.04. The van der Waals surface area contributed by atoms with Crippen LogP contribution in [-0.4, -0.2) is 56.9 Å². The van der Waals surface area contributed by atoms with Crippen molar-refractivity contribution < 1.29 is 9.90 Å². The van der Waals surface area contributed by atoms with Crippen molar-refractivity contribution in [1.82, 2.24) is 16.0 Å². The van der Waals surface area contributed by atoms with Crippen molar-refractivity contribution in [3.8, 4) is 0 Å². The fourth-order valence-corrected chi connectivity index (χ4v) is 1.65. The summed E-state index contributed by atoms with van der Waals surface area (Å²) in [6.07, 6.45) is 2.96. The topological polar surface area (TPSA) is 99.4 Å². The van der Waals surface area contributed by atoms with E-state index in [4.69, 9.17) is 5.73 Å². The van der Waals surface area contributed by atoms with E-state index in [0.717, 1.165) is 25.8 Å². The number of aliphatic hydroxyl groups excluding tert-OH is 1. The Kier molecular flexibility index (Phi) is 14.9. The van der Waals surface area contributed by atoms with Crippen molar-refractivity contribution in [3.05, 3.63) is 0 Å². The van der Waals surface area contributed by atoms with Crippen molar-refractivity contribution in [3.63, 3.8) is 0 Å². The molecule has 1 amide bonds. The van der Waals surface area contributed by atoms with Crippen LogP contribution < -0.4 is 21.7 Å². The van der Waals surface area contributed by atoms with E-state index < -0.39 is 6.10 Å². The predicted molar refractivity (Wildman–Crippen MR) is 80.0 cm³/mol. The maximum Gasteiger partial charge on any atom is 0.221 e. The van der Waals surface area contributed by atoms with Gasteiger partial charge in [-0.2, -0.15) is 0 Å². The molecule has 0 spiro atoms. The van der Waals surface area contributed by atoms with E-state index in [-0.39, 0.29) is 32.5 Å². The molecule has 0 saturated heterocycles. The third kappa shape index (κ3) is 12.1. The second-order valence-corrected chi connectivity index (χ2v) is 4.48. The fourth-order valence-electron chi connectivity index (χ4n) is 1.65. The standard InChI is InChI=1S/C12H28N4O2.CH4/c1-14-6-4-3-5-10(15-2)7-12(18)16-9-11(17)8-13;/h10-11,14-15,17H,3-9,13H2,1-2H3,(H,16,18);1H4/t10-,11?;/m0./s1. The minimum Gasteiger partial charge on any atom is -0.390 e. The van der Waals surface area contributed by atoms with E-state index in [0.29, 0.717) is 6.42 Å². The van der Waals surface area contributed by atoms with Gasteiger partial charge in [0.2, 0.25) is 5.91 Å². The molecule has 0 aromatic rings. The van der Waals surface area contributed by atoms with Gasteiger partial charge in [-0.25, -0.2) is 0 Å². The molecule has 0 heterocycles. The van der Waals surface area contributed by atoms with Crippen LogP contribution in [0.3, 0.4) is 0 Å². The largest absolute Gasteiger partial charge is 0.390 e. The van der Waals surface area contributed by atoms with Gasteiger partial charge < -0.3 is 26.8 Å². The molecule has 0 rings (SSSR count). The highest BCUT2D eigenvalue weighted by Gasteiger charge is 2.12. The molecule has 19 heavy (non-hydrogen) atoms. The van der Waals surface area contributed by atoms with Crippen molar-refractivity contribution in [2.75, 3.05) is 33.7 Å².